The van der Waals surface area contributed by atoms with Gasteiger partial charge in [-0.2, -0.15) is 0 Å². The maximum atomic E-state index is 13.6. The van der Waals surface area contributed by atoms with E-state index >= 15 is 0 Å². The number of allylic oxidation sites excluding steroid dienone is 8. The molecular formula is C46H43N3O9S2-2. The van der Waals surface area contributed by atoms with Crippen molar-refractivity contribution < 1.29 is 40.2 Å². The van der Waals surface area contributed by atoms with Crippen molar-refractivity contribution in [3.8, 4) is 33.8 Å². The van der Waals surface area contributed by atoms with Gasteiger partial charge in [-0.15, -0.1) is 0 Å². The fraction of sp³-hybridized carbons (Fsp3) is 0.196. The van der Waals surface area contributed by atoms with Crippen LogP contribution in [0.5, 0.6) is 11.5 Å². The minimum Gasteiger partial charge on any atom is -0.748 e. The lowest BCUT2D eigenvalue weighted by Crippen LogP contribution is -2.23. The highest BCUT2D eigenvalue weighted by Crippen LogP contribution is 2.43. The van der Waals surface area contributed by atoms with Crippen LogP contribution in [0.1, 0.15) is 25.7 Å². The summed E-state index contributed by atoms with van der Waals surface area (Å²) in [5.74, 6) is 0.750. The number of carbonyl (C=O) groups is 1. The molecule has 1 fully saturated rings. The summed E-state index contributed by atoms with van der Waals surface area (Å²) in [5, 5.41) is 3.02. The lowest BCUT2D eigenvalue weighted by Gasteiger charge is -2.19. The van der Waals surface area contributed by atoms with Gasteiger partial charge < -0.3 is 33.7 Å². The van der Waals surface area contributed by atoms with E-state index in [9.17, 15) is 30.7 Å². The van der Waals surface area contributed by atoms with Gasteiger partial charge in [0.25, 0.3) is 0 Å². The summed E-state index contributed by atoms with van der Waals surface area (Å²) in [6.07, 6.45) is 15.9. The van der Waals surface area contributed by atoms with Gasteiger partial charge in [-0.25, -0.2) is 16.8 Å². The van der Waals surface area contributed by atoms with Gasteiger partial charge in [0.05, 0.1) is 31.6 Å². The molecule has 0 radical (unpaired) electrons. The van der Waals surface area contributed by atoms with Crippen LogP contribution in [0.4, 0.5) is 11.4 Å². The average molecular weight is 846 g/mol. The molecule has 0 atom stereocenters. The number of carbonyl (C=O) groups excluding carboxylic acids is 1. The molecular weight excluding hydrogens is 803 g/mol. The van der Waals surface area contributed by atoms with Crippen molar-refractivity contribution in [1.82, 2.24) is 5.32 Å². The molecule has 3 heterocycles. The SMILES string of the molecule is C1=CCNC=C1.O=C1/C(=C/C=C2\Oc3ccc(-c4ccccc4)cc3N2CCCS(=O)(=O)[O-])CC/C1=C\C=C1/Oc2ccc(-c3ccccc3)cc2N1CCCS(=O)(=O)[O-]. The fourth-order valence-electron chi connectivity index (χ4n) is 7.10. The molecule has 60 heavy (non-hydrogen) atoms. The number of hydrogen-bond acceptors (Lipinski definition) is 12. The Morgan fingerprint density at radius 1 is 0.600 bits per heavy atom. The molecule has 0 bridgehead atoms. The molecule has 14 heteroatoms. The predicted molar refractivity (Wildman–Crippen MR) is 231 cm³/mol. The van der Waals surface area contributed by atoms with Crippen LogP contribution in [-0.2, 0) is 25.0 Å². The maximum absolute atomic E-state index is 13.6. The van der Waals surface area contributed by atoms with Crippen LogP contribution in [0.3, 0.4) is 0 Å². The Morgan fingerprint density at radius 2 is 1.07 bits per heavy atom. The molecule has 3 aliphatic heterocycles. The highest BCUT2D eigenvalue weighted by atomic mass is 32.2. The molecule has 8 rings (SSSR count). The molecule has 4 aromatic carbocycles. The van der Waals surface area contributed by atoms with E-state index in [0.29, 0.717) is 47.3 Å². The standard InChI is InChI=1S/C41H38N2O9S2.C5H7N/c44-41-31(17-21-39-42(23-7-25-53(45,46)47)35-27-33(15-19-37(35)51-39)29-9-3-1-4-10-29)13-14-32(41)18-22-40-43(24-8-26-54(48,49)50)36-28-34(16-20-38(36)52-40)30-11-5-2-6-12-30;1-2-4-6-5-3-1/h1-6,9-12,15-22,27-28H,7-8,13-14,23-26H2,(H,45,46,47)(H,48,49,50);1-4,6H,5H2/p-2/b31-17+,32-18+,39-21-,40-22-;. The highest BCUT2D eigenvalue weighted by Gasteiger charge is 2.29. The van der Waals surface area contributed by atoms with Crippen molar-refractivity contribution in [2.45, 2.75) is 25.7 Å². The van der Waals surface area contributed by atoms with Gasteiger partial charge in [0.2, 0.25) is 11.8 Å². The van der Waals surface area contributed by atoms with Crippen molar-refractivity contribution >= 4 is 37.4 Å². The number of nitrogens with zero attached hydrogens (tertiary/aromatic N) is 2. The summed E-state index contributed by atoms with van der Waals surface area (Å²) in [6.45, 7) is 1.40. The Hall–Kier alpha value is -6.19. The number of benzene rings is 4. The van der Waals surface area contributed by atoms with Gasteiger partial charge in [-0.1, -0.05) is 84.9 Å². The van der Waals surface area contributed by atoms with Crippen LogP contribution in [0.25, 0.3) is 22.3 Å². The Labute approximate surface area is 350 Å². The minimum atomic E-state index is -4.41. The molecule has 1 N–H and O–H groups in total. The molecule has 0 spiro atoms. The third-order valence-corrected chi connectivity index (χ3v) is 11.6. The normalized spacial score (nSPS) is 18.3. The molecule has 310 valence electrons. The summed E-state index contributed by atoms with van der Waals surface area (Å²) in [7, 11) is -8.82. The van der Waals surface area contributed by atoms with Crippen LogP contribution in [0, 0.1) is 0 Å². The Balaban J connectivity index is 0.000000834. The van der Waals surface area contributed by atoms with Crippen molar-refractivity contribution in [2.24, 2.45) is 0 Å². The smallest absolute Gasteiger partial charge is 0.200 e. The van der Waals surface area contributed by atoms with Crippen LogP contribution < -0.4 is 24.6 Å². The van der Waals surface area contributed by atoms with Crippen molar-refractivity contribution in [1.29, 1.82) is 0 Å². The summed E-state index contributed by atoms with van der Waals surface area (Å²) >= 11 is 0. The number of ketones is 1. The Kier molecular flexibility index (Phi) is 13.2. The van der Waals surface area contributed by atoms with E-state index in [4.69, 9.17) is 9.47 Å². The Bertz CT molecular complexity index is 2450. The molecule has 0 aromatic heterocycles. The number of ether oxygens (including phenoxy) is 2. The molecule has 4 aromatic rings. The number of hydrogen-bond donors (Lipinski definition) is 1. The number of anilines is 2. The van der Waals surface area contributed by atoms with E-state index < -0.39 is 31.7 Å². The van der Waals surface area contributed by atoms with Gasteiger partial charge in [-0.05, 0) is 109 Å². The summed E-state index contributed by atoms with van der Waals surface area (Å²) in [4.78, 5) is 17.2. The lowest BCUT2D eigenvalue weighted by molar-refractivity contribution is -0.111. The summed E-state index contributed by atoms with van der Waals surface area (Å²) in [6, 6.07) is 31.0. The van der Waals surface area contributed by atoms with E-state index in [2.05, 4.69) is 11.4 Å². The maximum Gasteiger partial charge on any atom is 0.200 e. The van der Waals surface area contributed by atoms with Crippen molar-refractivity contribution in [2.75, 3.05) is 40.9 Å². The van der Waals surface area contributed by atoms with E-state index in [1.54, 1.807) is 24.3 Å². The van der Waals surface area contributed by atoms with E-state index in [-0.39, 0.29) is 31.7 Å². The third-order valence-electron chi connectivity index (χ3n) is 10.0. The van der Waals surface area contributed by atoms with Crippen molar-refractivity contribution in [3.63, 3.8) is 0 Å². The molecule has 0 amide bonds. The van der Waals surface area contributed by atoms with Gasteiger partial charge in [-0.3, -0.25) is 4.79 Å². The lowest BCUT2D eigenvalue weighted by atomic mass is 10.0. The quantitative estimate of drug-likeness (QED) is 0.110. The molecule has 0 saturated heterocycles. The van der Waals surface area contributed by atoms with Crippen LogP contribution in [0.15, 0.2) is 169 Å². The zero-order chi connectivity index (χ0) is 42.1. The van der Waals surface area contributed by atoms with Crippen LogP contribution >= 0.6 is 0 Å². The summed E-state index contributed by atoms with van der Waals surface area (Å²) < 4.78 is 80.6. The van der Waals surface area contributed by atoms with Gasteiger partial charge in [0, 0.05) is 42.3 Å². The third kappa shape index (κ3) is 10.9. The average Bonchev–Trinajstić information content (AvgIpc) is 3.91. The number of fused-ring (bicyclic) bond motifs is 2. The van der Waals surface area contributed by atoms with Gasteiger partial charge in [0.1, 0.15) is 0 Å². The molecule has 0 unspecified atom stereocenters. The molecule has 1 aliphatic carbocycles. The number of dihydropyridines is 1. The minimum absolute atomic E-state index is 0.0851. The largest absolute Gasteiger partial charge is 0.748 e. The topological polar surface area (TPSA) is 168 Å². The second-order valence-electron chi connectivity index (χ2n) is 14.3. The highest BCUT2D eigenvalue weighted by molar-refractivity contribution is 7.85. The first-order chi connectivity index (χ1) is 28.9. The first-order valence-electron chi connectivity index (χ1n) is 19.5. The van der Waals surface area contributed by atoms with E-state index in [1.165, 1.54) is 0 Å². The first-order valence-corrected chi connectivity index (χ1v) is 22.7. The zero-order valence-electron chi connectivity index (χ0n) is 32.6. The monoisotopic (exact) mass is 845 g/mol. The van der Waals surface area contributed by atoms with Gasteiger partial charge in [0.15, 0.2) is 17.3 Å². The van der Waals surface area contributed by atoms with Crippen LogP contribution in [0.2, 0.25) is 0 Å². The number of nitrogens with one attached hydrogen (secondary N) is 1. The number of rotatable bonds is 12. The second kappa shape index (κ2) is 18.8. The molecule has 12 nitrogen and oxygen atoms in total. The van der Waals surface area contributed by atoms with E-state index in [0.717, 1.165) is 40.2 Å². The Morgan fingerprint density at radius 3 is 1.43 bits per heavy atom. The van der Waals surface area contributed by atoms with Crippen LogP contribution in [-0.4, -0.2) is 62.9 Å². The fourth-order valence-corrected chi connectivity index (χ4v) is 8.07. The number of Topliss-reactive ketones (excluding diaryl/α,β-unsaturated/α-hetero) is 1. The van der Waals surface area contributed by atoms with Gasteiger partial charge >= 0.3 is 0 Å². The zero-order valence-corrected chi connectivity index (χ0v) is 34.2. The van der Waals surface area contributed by atoms with E-state index in [1.807, 2.05) is 125 Å². The molecule has 4 aliphatic rings. The van der Waals surface area contributed by atoms with Crippen molar-refractivity contribution in [3.05, 3.63) is 169 Å². The summed E-state index contributed by atoms with van der Waals surface area (Å²) in [5.41, 5.74) is 6.42. The second-order valence-corrected chi connectivity index (χ2v) is 17.3. The first kappa shape index (κ1) is 42.0. The predicted octanol–water partition coefficient (Wildman–Crippen LogP) is 7.55. The molecule has 1 saturated carbocycles.